The van der Waals surface area contributed by atoms with Gasteiger partial charge in [-0.15, -0.1) is 11.8 Å². The van der Waals surface area contributed by atoms with Crippen LogP contribution in [0.5, 0.6) is 0 Å². The van der Waals surface area contributed by atoms with Gasteiger partial charge in [0.05, 0.1) is 17.3 Å². The molecule has 0 atom stereocenters. The number of methoxy groups -OCH3 is 1. The van der Waals surface area contributed by atoms with Crippen molar-refractivity contribution in [2.45, 2.75) is 18.4 Å². The highest BCUT2D eigenvalue weighted by Gasteiger charge is 2.15. The van der Waals surface area contributed by atoms with Crippen molar-refractivity contribution in [2.75, 3.05) is 12.9 Å². The molecule has 3 rings (SSSR count). The first-order valence-electron chi connectivity index (χ1n) is 8.20. The van der Waals surface area contributed by atoms with E-state index in [1.54, 1.807) is 36.0 Å². The fourth-order valence-electron chi connectivity index (χ4n) is 2.52. The largest absolute Gasteiger partial charge is 0.468 e. The third kappa shape index (κ3) is 4.28. The van der Waals surface area contributed by atoms with E-state index in [0.29, 0.717) is 10.3 Å². The zero-order valence-electron chi connectivity index (χ0n) is 14.8. The van der Waals surface area contributed by atoms with Gasteiger partial charge in [0.1, 0.15) is 12.4 Å². The first-order chi connectivity index (χ1) is 13.0. The van der Waals surface area contributed by atoms with Gasteiger partial charge in [-0.3, -0.25) is 9.59 Å². The maximum absolute atomic E-state index is 14.3. The molecule has 0 saturated carbocycles. The quantitative estimate of drug-likeness (QED) is 0.478. The SMILES string of the molecule is CCSc1ccc(C(=O)N=c2sc3cccc(F)c3n2CC(=O)OC)cc1. The van der Waals surface area contributed by atoms with Crippen LogP contribution >= 0.6 is 23.1 Å². The van der Waals surface area contributed by atoms with Crippen LogP contribution in [0.3, 0.4) is 0 Å². The van der Waals surface area contributed by atoms with Crippen LogP contribution < -0.4 is 4.80 Å². The minimum atomic E-state index is -0.548. The van der Waals surface area contributed by atoms with E-state index in [1.165, 1.54) is 17.7 Å². The molecule has 1 heterocycles. The highest BCUT2D eigenvalue weighted by atomic mass is 32.2. The van der Waals surface area contributed by atoms with Gasteiger partial charge in [-0.1, -0.05) is 24.3 Å². The molecule has 0 spiro atoms. The number of aromatic nitrogens is 1. The van der Waals surface area contributed by atoms with Gasteiger partial charge < -0.3 is 9.30 Å². The molecule has 1 amide bonds. The number of benzene rings is 2. The molecular formula is C19H17FN2O3S2. The van der Waals surface area contributed by atoms with Crippen LogP contribution in [0.25, 0.3) is 10.2 Å². The van der Waals surface area contributed by atoms with Crippen LogP contribution in [0.4, 0.5) is 4.39 Å². The number of ether oxygens (including phenoxy) is 1. The number of thioether (sulfide) groups is 1. The maximum Gasteiger partial charge on any atom is 0.325 e. The standard InChI is InChI=1S/C19H17FN2O3S2/c1-3-26-13-9-7-12(8-10-13)18(24)21-19-22(11-16(23)25-2)17-14(20)5-4-6-15(17)27-19/h4-10H,3,11H2,1-2H3. The fraction of sp³-hybridized carbons (Fsp3) is 0.211. The number of esters is 1. The Labute approximate surface area is 163 Å². The van der Waals surface area contributed by atoms with Crippen molar-refractivity contribution in [1.29, 1.82) is 0 Å². The summed E-state index contributed by atoms with van der Waals surface area (Å²) >= 11 is 2.83. The van der Waals surface area contributed by atoms with Gasteiger partial charge in [0.15, 0.2) is 4.80 Å². The van der Waals surface area contributed by atoms with Gasteiger partial charge in [0.25, 0.3) is 5.91 Å². The third-order valence-corrected chi connectivity index (χ3v) is 5.71. The van der Waals surface area contributed by atoms with Gasteiger partial charge in [-0.25, -0.2) is 4.39 Å². The molecule has 0 aliphatic heterocycles. The molecule has 0 N–H and O–H groups in total. The topological polar surface area (TPSA) is 60.7 Å². The van der Waals surface area contributed by atoms with Crippen LogP contribution in [-0.4, -0.2) is 29.3 Å². The Kier molecular flexibility index (Phi) is 6.08. The molecule has 0 bridgehead atoms. The van der Waals surface area contributed by atoms with Gasteiger partial charge in [0.2, 0.25) is 0 Å². The van der Waals surface area contributed by atoms with Crippen molar-refractivity contribution in [1.82, 2.24) is 4.57 Å². The van der Waals surface area contributed by atoms with Gasteiger partial charge in [0, 0.05) is 10.5 Å². The number of para-hydroxylation sites is 1. The lowest BCUT2D eigenvalue weighted by Gasteiger charge is -2.04. The number of amides is 1. The van der Waals surface area contributed by atoms with Crippen molar-refractivity contribution in [3.05, 3.63) is 58.6 Å². The second kappa shape index (κ2) is 8.49. The molecule has 140 valence electrons. The van der Waals surface area contributed by atoms with E-state index in [-0.39, 0.29) is 16.9 Å². The lowest BCUT2D eigenvalue weighted by molar-refractivity contribution is -0.141. The summed E-state index contributed by atoms with van der Waals surface area (Å²) in [6.07, 6.45) is 0. The molecule has 0 aliphatic rings. The molecule has 0 unspecified atom stereocenters. The van der Waals surface area contributed by atoms with Gasteiger partial charge in [-0.05, 0) is 42.2 Å². The number of hydrogen-bond acceptors (Lipinski definition) is 5. The molecule has 0 fully saturated rings. The van der Waals surface area contributed by atoms with Gasteiger partial charge in [-0.2, -0.15) is 4.99 Å². The Morgan fingerprint density at radius 2 is 1.96 bits per heavy atom. The zero-order valence-corrected chi connectivity index (χ0v) is 16.4. The van der Waals surface area contributed by atoms with Crippen molar-refractivity contribution in [3.63, 3.8) is 0 Å². The second-order valence-electron chi connectivity index (χ2n) is 5.51. The lowest BCUT2D eigenvalue weighted by atomic mass is 10.2. The lowest BCUT2D eigenvalue weighted by Crippen LogP contribution is -2.22. The van der Waals surface area contributed by atoms with Gasteiger partial charge >= 0.3 is 5.97 Å². The number of halogens is 1. The highest BCUT2D eigenvalue weighted by molar-refractivity contribution is 7.99. The number of hydrogen-bond donors (Lipinski definition) is 0. The fourth-order valence-corrected chi connectivity index (χ4v) is 4.23. The molecule has 8 heteroatoms. The minimum absolute atomic E-state index is 0.227. The van der Waals surface area contributed by atoms with E-state index in [4.69, 9.17) is 0 Å². The first kappa shape index (κ1) is 19.3. The summed E-state index contributed by atoms with van der Waals surface area (Å²) in [5.41, 5.74) is 0.659. The summed E-state index contributed by atoms with van der Waals surface area (Å²) in [4.78, 5) is 29.8. The Morgan fingerprint density at radius 1 is 1.22 bits per heavy atom. The molecule has 5 nitrogen and oxygen atoms in total. The zero-order chi connectivity index (χ0) is 19.4. The van der Waals surface area contributed by atoms with Crippen LogP contribution in [0.1, 0.15) is 17.3 Å². The summed E-state index contributed by atoms with van der Waals surface area (Å²) in [5, 5.41) is 0. The van der Waals surface area contributed by atoms with E-state index < -0.39 is 17.7 Å². The number of rotatable bonds is 5. The molecule has 0 radical (unpaired) electrons. The molecule has 0 saturated heterocycles. The van der Waals surface area contributed by atoms with E-state index in [0.717, 1.165) is 22.0 Å². The third-order valence-electron chi connectivity index (χ3n) is 3.78. The molecule has 27 heavy (non-hydrogen) atoms. The number of thiazole rings is 1. The average Bonchev–Trinajstić information content (AvgIpc) is 3.00. The van der Waals surface area contributed by atoms with Crippen molar-refractivity contribution < 1.29 is 18.7 Å². The predicted octanol–water partition coefficient (Wildman–Crippen LogP) is 3.87. The average molecular weight is 404 g/mol. The number of fused-ring (bicyclic) bond motifs is 1. The van der Waals surface area contributed by atoms with E-state index in [9.17, 15) is 14.0 Å². The van der Waals surface area contributed by atoms with Crippen LogP contribution in [0.15, 0.2) is 52.4 Å². The Balaban J connectivity index is 2.06. The summed E-state index contributed by atoms with van der Waals surface area (Å²) in [5.74, 6) is -0.539. The Bertz CT molecular complexity index is 1050. The summed E-state index contributed by atoms with van der Waals surface area (Å²) in [6, 6.07) is 11.8. The molecule has 1 aromatic heterocycles. The molecular weight excluding hydrogens is 387 g/mol. The number of nitrogens with zero attached hydrogens (tertiary/aromatic N) is 2. The predicted molar refractivity (Wildman–Crippen MR) is 105 cm³/mol. The molecule has 0 aliphatic carbocycles. The summed E-state index contributed by atoms with van der Waals surface area (Å²) in [6.45, 7) is 1.83. The van der Waals surface area contributed by atoms with Crippen LogP contribution in [0.2, 0.25) is 0 Å². The normalized spacial score (nSPS) is 11.7. The number of carbonyl (C=O) groups excluding carboxylic acids is 2. The van der Waals surface area contributed by atoms with E-state index in [2.05, 4.69) is 16.7 Å². The van der Waals surface area contributed by atoms with Crippen LogP contribution in [0, 0.1) is 5.82 Å². The summed E-state index contributed by atoms with van der Waals surface area (Å²) in [7, 11) is 1.26. The second-order valence-corrected chi connectivity index (χ2v) is 7.85. The molecule has 2 aromatic carbocycles. The minimum Gasteiger partial charge on any atom is -0.468 e. The Morgan fingerprint density at radius 3 is 2.63 bits per heavy atom. The van der Waals surface area contributed by atoms with Crippen molar-refractivity contribution in [3.8, 4) is 0 Å². The van der Waals surface area contributed by atoms with E-state index in [1.807, 2.05) is 12.1 Å². The van der Waals surface area contributed by atoms with E-state index >= 15 is 0 Å². The van der Waals surface area contributed by atoms with Crippen molar-refractivity contribution >= 4 is 45.2 Å². The monoisotopic (exact) mass is 404 g/mol. The van der Waals surface area contributed by atoms with Crippen molar-refractivity contribution in [2.24, 2.45) is 4.99 Å². The highest BCUT2D eigenvalue weighted by Crippen LogP contribution is 2.21. The number of carbonyl (C=O) groups is 2. The first-order valence-corrected chi connectivity index (χ1v) is 10.00. The van der Waals surface area contributed by atoms with Crippen LogP contribution in [-0.2, 0) is 16.1 Å². The summed E-state index contributed by atoms with van der Waals surface area (Å²) < 4.78 is 21.0. The smallest absolute Gasteiger partial charge is 0.325 e. The molecule has 3 aromatic rings. The Hall–Kier alpha value is -2.45. The maximum atomic E-state index is 14.3.